The number of nitrogens with two attached hydrogens (primary N) is 4. The van der Waals surface area contributed by atoms with E-state index in [0.29, 0.717) is 58.5 Å². The van der Waals surface area contributed by atoms with Crippen LogP contribution in [0.25, 0.3) is 0 Å². The van der Waals surface area contributed by atoms with Crippen molar-refractivity contribution in [1.82, 2.24) is 16.0 Å². The fourth-order valence-electron chi connectivity index (χ4n) is 2.95. The van der Waals surface area contributed by atoms with Crippen LogP contribution < -0.4 is 38.9 Å². The van der Waals surface area contributed by atoms with Crippen molar-refractivity contribution in [3.63, 3.8) is 0 Å². The van der Waals surface area contributed by atoms with Crippen molar-refractivity contribution in [2.45, 2.75) is 44.1 Å². The molecule has 15 heteroatoms. The lowest BCUT2D eigenvalue weighted by molar-refractivity contribution is -0.140. The fraction of sp³-hybridized carbons (Fsp3) is 0.826. The Balaban J connectivity index is 4.92. The molecule has 0 aromatic carbocycles. The van der Waals surface area contributed by atoms with Crippen molar-refractivity contribution >= 4 is 23.8 Å². The Labute approximate surface area is 224 Å². The highest BCUT2D eigenvalue weighted by molar-refractivity contribution is 5.76. The van der Waals surface area contributed by atoms with Crippen molar-refractivity contribution in [3.05, 3.63) is 0 Å². The zero-order chi connectivity index (χ0) is 28.5. The molecule has 11 N–H and O–H groups in total. The van der Waals surface area contributed by atoms with Crippen molar-refractivity contribution in [2.24, 2.45) is 22.9 Å². The van der Waals surface area contributed by atoms with Gasteiger partial charge in [-0.25, -0.2) is 4.79 Å². The molecule has 0 fully saturated rings. The molecule has 0 saturated heterocycles. The molecule has 0 aromatic heterocycles. The van der Waals surface area contributed by atoms with Gasteiger partial charge in [0.15, 0.2) is 5.60 Å². The van der Waals surface area contributed by atoms with Gasteiger partial charge in [0.2, 0.25) is 17.7 Å². The topological polar surface area (TPSA) is 245 Å². The van der Waals surface area contributed by atoms with Crippen LogP contribution in [0.3, 0.4) is 0 Å². The van der Waals surface area contributed by atoms with E-state index in [1.807, 2.05) is 0 Å². The fourth-order valence-corrected chi connectivity index (χ4v) is 2.95. The van der Waals surface area contributed by atoms with E-state index in [2.05, 4.69) is 16.0 Å². The molecule has 0 heterocycles. The number of carbonyl (C=O) groups is 4. The first-order valence-corrected chi connectivity index (χ1v) is 12.9. The number of carbonyl (C=O) groups excluding carboxylic acids is 4. The van der Waals surface area contributed by atoms with E-state index in [4.69, 9.17) is 41.9 Å². The molecular formula is C23H47N7O8. The normalized spacial score (nSPS) is 11.1. The summed E-state index contributed by atoms with van der Waals surface area (Å²) >= 11 is 0. The summed E-state index contributed by atoms with van der Waals surface area (Å²) in [6.45, 7) is 2.30. The van der Waals surface area contributed by atoms with Crippen molar-refractivity contribution in [3.8, 4) is 0 Å². The minimum Gasteiger partial charge on any atom is -0.436 e. The second-order valence-electron chi connectivity index (χ2n) is 8.49. The minimum absolute atomic E-state index is 0.0332. The van der Waals surface area contributed by atoms with Crippen molar-refractivity contribution in [1.29, 1.82) is 0 Å². The first-order valence-electron chi connectivity index (χ1n) is 12.9. The number of amides is 4. The Bertz CT molecular complexity index is 596. The first-order chi connectivity index (χ1) is 18.3. The molecule has 222 valence electrons. The largest absolute Gasteiger partial charge is 0.436 e. The summed E-state index contributed by atoms with van der Waals surface area (Å²) in [7, 11) is 0. The van der Waals surface area contributed by atoms with Gasteiger partial charge in [-0.1, -0.05) is 0 Å². The highest BCUT2D eigenvalue weighted by Crippen LogP contribution is 2.15. The number of nitrogens with one attached hydrogen (secondary N) is 3. The molecule has 0 aromatic rings. The van der Waals surface area contributed by atoms with E-state index in [-0.39, 0.29) is 76.6 Å². The molecule has 15 nitrogen and oxygen atoms in total. The predicted octanol–water partition coefficient (Wildman–Crippen LogP) is -2.56. The smallest absolute Gasteiger partial charge is 0.405 e. The van der Waals surface area contributed by atoms with Crippen LogP contribution in [0.15, 0.2) is 0 Å². The molecule has 0 aliphatic carbocycles. The third-order valence-electron chi connectivity index (χ3n) is 4.94. The lowest BCUT2D eigenvalue weighted by atomic mass is 10.1. The SMILES string of the molecule is NCCCNC(=O)CCOCC(COCCC(=O)NCCCN)(COCCC(=O)NCCCN)OC(N)=O. The van der Waals surface area contributed by atoms with E-state index in [1.54, 1.807) is 0 Å². The Hall–Kier alpha value is -2.56. The summed E-state index contributed by atoms with van der Waals surface area (Å²) in [4.78, 5) is 47.3. The van der Waals surface area contributed by atoms with E-state index in [1.165, 1.54) is 0 Å². The van der Waals surface area contributed by atoms with Gasteiger partial charge in [-0.15, -0.1) is 0 Å². The Kier molecular flexibility index (Phi) is 22.0. The molecule has 0 spiro atoms. The maximum atomic E-state index is 11.9. The molecule has 4 amide bonds. The van der Waals surface area contributed by atoms with Crippen LogP contribution in [0.2, 0.25) is 0 Å². The van der Waals surface area contributed by atoms with Crippen LogP contribution in [0.4, 0.5) is 4.79 Å². The maximum Gasteiger partial charge on any atom is 0.405 e. The zero-order valence-electron chi connectivity index (χ0n) is 22.3. The van der Waals surface area contributed by atoms with Gasteiger partial charge in [-0.2, -0.15) is 0 Å². The molecular weight excluding hydrogens is 502 g/mol. The molecule has 0 unspecified atom stereocenters. The second-order valence-corrected chi connectivity index (χ2v) is 8.49. The van der Waals surface area contributed by atoms with E-state index >= 15 is 0 Å². The Morgan fingerprint density at radius 1 is 0.579 bits per heavy atom. The summed E-state index contributed by atoms with van der Waals surface area (Å²) in [5, 5.41) is 8.13. The standard InChI is InChI=1S/C23H47N7O8/c24-7-1-10-28-19(31)4-13-35-16-23(38-22(27)34,17-36-14-5-20(32)29-11-2-8-25)18-37-15-6-21(33)30-12-3-9-26/h1-18,24-26H2,(H2,27,34)(H,28,31)(H,29,32)(H,30,33). The second kappa shape index (κ2) is 23.5. The zero-order valence-corrected chi connectivity index (χ0v) is 22.3. The lowest BCUT2D eigenvalue weighted by Gasteiger charge is -2.32. The van der Waals surface area contributed by atoms with Gasteiger partial charge >= 0.3 is 6.09 Å². The van der Waals surface area contributed by atoms with Gasteiger partial charge in [0.1, 0.15) is 0 Å². The van der Waals surface area contributed by atoms with E-state index < -0.39 is 11.7 Å². The molecule has 38 heavy (non-hydrogen) atoms. The molecule has 0 aliphatic rings. The molecule has 0 rings (SSSR count). The summed E-state index contributed by atoms with van der Waals surface area (Å²) in [6.07, 6.45) is 1.12. The van der Waals surface area contributed by atoms with Gasteiger partial charge < -0.3 is 57.8 Å². The highest BCUT2D eigenvalue weighted by Gasteiger charge is 2.36. The van der Waals surface area contributed by atoms with Crippen LogP contribution in [-0.2, 0) is 33.3 Å². The molecule has 0 saturated carbocycles. The van der Waals surface area contributed by atoms with Gasteiger partial charge in [0, 0.05) is 38.9 Å². The summed E-state index contributed by atoms with van der Waals surface area (Å²) in [5.41, 5.74) is 20.0. The number of primary amides is 1. The van der Waals surface area contributed by atoms with Gasteiger partial charge in [-0.05, 0) is 38.9 Å². The van der Waals surface area contributed by atoms with Crippen LogP contribution in [0.5, 0.6) is 0 Å². The van der Waals surface area contributed by atoms with Gasteiger partial charge in [-0.3, -0.25) is 14.4 Å². The first kappa shape index (κ1) is 35.4. The van der Waals surface area contributed by atoms with Crippen molar-refractivity contribution in [2.75, 3.05) is 78.9 Å². The molecule has 0 radical (unpaired) electrons. The van der Waals surface area contributed by atoms with Gasteiger partial charge in [0.05, 0.1) is 39.6 Å². The summed E-state index contributed by atoms with van der Waals surface area (Å²) < 4.78 is 22.1. The molecule has 0 bridgehead atoms. The van der Waals surface area contributed by atoms with Crippen LogP contribution in [-0.4, -0.2) is 108 Å². The lowest BCUT2D eigenvalue weighted by Crippen LogP contribution is -2.50. The number of hydrogen-bond donors (Lipinski definition) is 7. The average Bonchev–Trinajstić information content (AvgIpc) is 2.87. The van der Waals surface area contributed by atoms with Crippen LogP contribution in [0.1, 0.15) is 38.5 Å². The van der Waals surface area contributed by atoms with Gasteiger partial charge in [0.25, 0.3) is 0 Å². The van der Waals surface area contributed by atoms with E-state index in [9.17, 15) is 19.2 Å². The molecule has 0 atom stereocenters. The summed E-state index contributed by atoms with van der Waals surface area (Å²) in [5.74, 6) is -0.643. The average molecular weight is 550 g/mol. The molecule has 0 aliphatic heterocycles. The summed E-state index contributed by atoms with van der Waals surface area (Å²) in [6, 6.07) is 0. The maximum absolute atomic E-state index is 11.9. The Morgan fingerprint density at radius 2 is 0.895 bits per heavy atom. The Morgan fingerprint density at radius 3 is 1.16 bits per heavy atom. The number of ether oxygens (including phenoxy) is 4. The number of rotatable bonds is 25. The quantitative estimate of drug-likeness (QED) is 0.0583. The minimum atomic E-state index is -1.46. The predicted molar refractivity (Wildman–Crippen MR) is 140 cm³/mol. The van der Waals surface area contributed by atoms with E-state index in [0.717, 1.165) is 0 Å². The monoisotopic (exact) mass is 549 g/mol. The van der Waals surface area contributed by atoms with Crippen molar-refractivity contribution < 1.29 is 38.1 Å². The third kappa shape index (κ3) is 20.5. The van der Waals surface area contributed by atoms with Crippen LogP contribution >= 0.6 is 0 Å². The third-order valence-corrected chi connectivity index (χ3v) is 4.94. The van der Waals surface area contributed by atoms with Crippen LogP contribution in [0, 0.1) is 0 Å². The number of hydrogen-bond acceptors (Lipinski definition) is 11. The highest BCUT2D eigenvalue weighted by atomic mass is 16.6.